The second kappa shape index (κ2) is 10.2. The van der Waals surface area contributed by atoms with Crippen LogP contribution in [0.5, 0.6) is 0 Å². The van der Waals surface area contributed by atoms with Gasteiger partial charge in [0.05, 0.1) is 6.61 Å². The molecule has 0 spiro atoms. The average Bonchev–Trinajstić information content (AvgIpc) is 2.54. The largest absolute Gasteiger partial charge is 0.490 e. The van der Waals surface area contributed by atoms with E-state index >= 15 is 0 Å². The molecule has 0 radical (unpaired) electrons. The highest BCUT2D eigenvalue weighted by atomic mass is 31.3. The third-order valence-corrected chi connectivity index (χ3v) is 7.02. The van der Waals surface area contributed by atoms with Crippen molar-refractivity contribution in [2.45, 2.75) is 25.0 Å². The number of phosphoric ester groups is 1. The van der Waals surface area contributed by atoms with Crippen LogP contribution in [0, 0.1) is 0 Å². The second-order valence-corrected chi connectivity index (χ2v) is 10.1. The quantitative estimate of drug-likeness (QED) is 0.126. The van der Waals surface area contributed by atoms with Crippen LogP contribution in [0.4, 0.5) is 10.2 Å². The predicted octanol–water partition coefficient (Wildman–Crippen LogP) is -1.28. The monoisotopic (exact) mass is 517 g/mol. The van der Waals surface area contributed by atoms with Crippen LogP contribution < -0.4 is 11.4 Å². The number of phosphoric acid groups is 3. The van der Waals surface area contributed by atoms with Gasteiger partial charge in [-0.3, -0.25) is 9.09 Å². The highest BCUT2D eigenvalue weighted by molar-refractivity contribution is 7.66. The lowest BCUT2D eigenvalue weighted by Gasteiger charge is -2.35. The SMILES string of the molecule is C[C@@H](O[C@](CF)(COP(=O)(O)OP(=O)(O)OP(=O)(O)O)C(O)O)n1ccc(N)nc1=O. The molecule has 1 heterocycles. The summed E-state index contributed by atoms with van der Waals surface area (Å²) in [6.07, 6.45) is -3.17. The van der Waals surface area contributed by atoms with Gasteiger partial charge in [-0.2, -0.15) is 13.6 Å². The maximum absolute atomic E-state index is 13.6. The first-order valence-corrected chi connectivity index (χ1v) is 12.2. The molecule has 4 atom stereocenters. The molecule has 1 aromatic heterocycles. The fourth-order valence-corrected chi connectivity index (χ4v) is 4.98. The van der Waals surface area contributed by atoms with E-state index in [0.717, 1.165) is 23.8 Å². The number of hydrogen-bond donors (Lipinski definition) is 7. The molecule has 0 saturated carbocycles. The zero-order chi connectivity index (χ0) is 24.3. The van der Waals surface area contributed by atoms with E-state index in [-0.39, 0.29) is 5.82 Å². The van der Waals surface area contributed by atoms with Crippen molar-refractivity contribution in [2.75, 3.05) is 19.0 Å². The lowest BCUT2D eigenvalue weighted by Crippen LogP contribution is -2.52. The molecule has 0 amide bonds. The van der Waals surface area contributed by atoms with E-state index in [4.69, 9.17) is 25.2 Å². The van der Waals surface area contributed by atoms with Crippen LogP contribution >= 0.6 is 23.5 Å². The lowest BCUT2D eigenvalue weighted by atomic mass is 10.1. The Balaban J connectivity index is 3.04. The first-order valence-electron chi connectivity index (χ1n) is 7.65. The summed E-state index contributed by atoms with van der Waals surface area (Å²) in [5.74, 6) is -0.167. The molecule has 0 fully saturated rings. The Morgan fingerprint density at radius 1 is 1.19 bits per heavy atom. The molecule has 0 saturated heterocycles. The maximum atomic E-state index is 13.6. The van der Waals surface area contributed by atoms with E-state index in [1.165, 1.54) is 0 Å². The third-order valence-electron chi connectivity index (χ3n) is 3.23. The fourth-order valence-electron chi connectivity index (χ4n) is 1.90. The maximum Gasteiger partial charge on any atom is 0.490 e. The zero-order valence-electron chi connectivity index (χ0n) is 15.4. The minimum Gasteiger partial charge on any atom is -0.383 e. The number of aliphatic hydroxyl groups is 2. The van der Waals surface area contributed by atoms with Crippen molar-refractivity contribution in [3.63, 3.8) is 0 Å². The molecule has 8 N–H and O–H groups in total. The van der Waals surface area contributed by atoms with E-state index in [1.807, 2.05) is 0 Å². The van der Waals surface area contributed by atoms with Crippen LogP contribution in [0.3, 0.4) is 0 Å². The van der Waals surface area contributed by atoms with Gasteiger partial charge in [0, 0.05) is 6.20 Å². The highest BCUT2D eigenvalue weighted by Crippen LogP contribution is 2.66. The summed E-state index contributed by atoms with van der Waals surface area (Å²) in [5.41, 5.74) is 1.47. The molecule has 0 aliphatic heterocycles. The zero-order valence-corrected chi connectivity index (χ0v) is 18.0. The molecular formula is C10H19FN3O14P3. The van der Waals surface area contributed by atoms with Crippen molar-refractivity contribution < 1.29 is 65.8 Å². The number of halogens is 1. The van der Waals surface area contributed by atoms with Crippen molar-refractivity contribution in [1.29, 1.82) is 0 Å². The Morgan fingerprint density at radius 3 is 2.23 bits per heavy atom. The minimum absolute atomic E-state index is 0.167. The molecule has 21 heteroatoms. The van der Waals surface area contributed by atoms with Crippen molar-refractivity contribution in [2.24, 2.45) is 0 Å². The number of hydrogen-bond acceptors (Lipinski definition) is 12. The van der Waals surface area contributed by atoms with E-state index in [0.29, 0.717) is 0 Å². The van der Waals surface area contributed by atoms with E-state index in [2.05, 4.69) is 18.1 Å². The minimum atomic E-state index is -5.86. The third kappa shape index (κ3) is 8.75. The Bertz CT molecular complexity index is 967. The normalized spacial score (nSPS) is 19.4. The summed E-state index contributed by atoms with van der Waals surface area (Å²) in [6.45, 7) is -2.22. The van der Waals surface area contributed by atoms with Crippen LogP contribution in [0.2, 0.25) is 0 Å². The molecule has 31 heavy (non-hydrogen) atoms. The Labute approximate surface area is 172 Å². The van der Waals surface area contributed by atoms with Crippen molar-refractivity contribution in [3.05, 3.63) is 22.7 Å². The van der Waals surface area contributed by atoms with Gasteiger partial charge >= 0.3 is 29.2 Å². The van der Waals surface area contributed by atoms with Gasteiger partial charge in [-0.1, -0.05) is 0 Å². The lowest BCUT2D eigenvalue weighted by molar-refractivity contribution is -0.255. The smallest absolute Gasteiger partial charge is 0.383 e. The number of rotatable bonds is 12. The predicted molar refractivity (Wildman–Crippen MR) is 95.5 cm³/mol. The second-order valence-electron chi connectivity index (χ2n) is 5.70. The van der Waals surface area contributed by atoms with Crippen molar-refractivity contribution in [3.8, 4) is 0 Å². The summed E-state index contributed by atoms with van der Waals surface area (Å²) in [4.78, 5) is 50.6. The molecule has 17 nitrogen and oxygen atoms in total. The van der Waals surface area contributed by atoms with Gasteiger partial charge in [0.15, 0.2) is 11.9 Å². The number of nitrogen functional groups attached to an aromatic ring is 1. The van der Waals surface area contributed by atoms with Gasteiger partial charge in [-0.05, 0) is 13.0 Å². The van der Waals surface area contributed by atoms with Crippen LogP contribution in [0.1, 0.15) is 13.2 Å². The molecule has 0 bridgehead atoms. The molecule has 1 aromatic rings. The van der Waals surface area contributed by atoms with Gasteiger partial charge < -0.3 is 40.3 Å². The van der Waals surface area contributed by atoms with E-state index in [9.17, 15) is 38.0 Å². The molecule has 0 aliphatic rings. The number of aromatic nitrogens is 2. The Hall–Kier alpha value is -1.10. The van der Waals surface area contributed by atoms with Crippen molar-refractivity contribution >= 4 is 29.3 Å². The molecule has 0 aliphatic carbocycles. The molecular weight excluding hydrogens is 498 g/mol. The van der Waals surface area contributed by atoms with Crippen molar-refractivity contribution in [1.82, 2.24) is 9.55 Å². The number of nitrogens with zero attached hydrogens (tertiary/aromatic N) is 2. The summed E-state index contributed by atoms with van der Waals surface area (Å²) in [5, 5.41) is 19.0. The van der Waals surface area contributed by atoms with E-state index < -0.39 is 60.6 Å². The summed E-state index contributed by atoms with van der Waals surface area (Å²) >= 11 is 0. The first-order chi connectivity index (χ1) is 13.9. The summed E-state index contributed by atoms with van der Waals surface area (Å²) < 4.78 is 64.2. The van der Waals surface area contributed by atoms with Gasteiger partial charge in [0.2, 0.25) is 0 Å². The Morgan fingerprint density at radius 2 is 1.77 bits per heavy atom. The highest BCUT2D eigenvalue weighted by Gasteiger charge is 2.46. The number of anilines is 1. The molecule has 1 rings (SSSR count). The summed E-state index contributed by atoms with van der Waals surface area (Å²) in [6, 6.07) is 1.15. The number of nitrogens with two attached hydrogens (primary N) is 1. The van der Waals surface area contributed by atoms with Gasteiger partial charge in [0.1, 0.15) is 18.7 Å². The molecule has 2 unspecified atom stereocenters. The Kier molecular flexibility index (Phi) is 9.22. The number of alkyl halides is 1. The summed E-state index contributed by atoms with van der Waals surface area (Å²) in [7, 11) is -17.2. The van der Waals surface area contributed by atoms with Gasteiger partial charge in [-0.25, -0.2) is 22.9 Å². The standard InChI is InChI=1S/C10H19FN3O14P3/c1-6(14-3-2-7(12)13-9(14)17)26-10(4-11,8(15)16)5-25-30(21,22)28-31(23,24)27-29(18,19)20/h2-3,6,8,15-16H,4-5H2,1H3,(H,21,22)(H,23,24)(H2,12,13,17)(H2,18,19,20)/t6-,10-/m1/s1. The topological polar surface area (TPSA) is 270 Å². The number of ether oxygens (including phenoxy) is 1. The van der Waals surface area contributed by atoms with Crippen LogP contribution in [0.25, 0.3) is 0 Å². The first kappa shape index (κ1) is 27.9. The van der Waals surface area contributed by atoms with Crippen LogP contribution in [-0.4, -0.2) is 64.5 Å². The average molecular weight is 517 g/mol. The molecule has 0 aromatic carbocycles. The number of aliphatic hydroxyl groups excluding tert-OH is 1. The van der Waals surface area contributed by atoms with Gasteiger partial charge in [-0.15, -0.1) is 0 Å². The van der Waals surface area contributed by atoms with E-state index in [1.54, 1.807) is 0 Å². The molecule has 180 valence electrons. The van der Waals surface area contributed by atoms with Crippen LogP contribution in [-0.2, 0) is 31.6 Å². The van der Waals surface area contributed by atoms with Crippen LogP contribution in [0.15, 0.2) is 17.1 Å². The van der Waals surface area contributed by atoms with Gasteiger partial charge in [0.25, 0.3) is 0 Å². The fraction of sp³-hybridized carbons (Fsp3) is 0.600.